The highest BCUT2D eigenvalue weighted by Crippen LogP contribution is 2.06. The quantitative estimate of drug-likeness (QED) is 0.636. The lowest BCUT2D eigenvalue weighted by molar-refractivity contribution is -0.125. The second-order valence-electron chi connectivity index (χ2n) is 5.86. The first-order valence-electron chi connectivity index (χ1n) is 8.32. The number of nitrogens with one attached hydrogen (secondary N) is 3. The van der Waals surface area contributed by atoms with Crippen molar-refractivity contribution in [3.05, 3.63) is 24.2 Å². The van der Waals surface area contributed by atoms with Crippen LogP contribution in [0.5, 0.6) is 0 Å². The average Bonchev–Trinajstić information content (AvgIpc) is 3.16. The zero-order valence-corrected chi connectivity index (χ0v) is 14.6. The largest absolute Gasteiger partial charge is 0.459 e. The Balaban J connectivity index is 1.66. The molecule has 0 unspecified atom stereocenters. The van der Waals surface area contributed by atoms with Gasteiger partial charge in [-0.2, -0.15) is 0 Å². The third-order valence-electron chi connectivity index (χ3n) is 4.26. The van der Waals surface area contributed by atoms with Crippen LogP contribution in [0.2, 0.25) is 0 Å². The highest BCUT2D eigenvalue weighted by atomic mass is 16.3. The van der Waals surface area contributed by atoms with Crippen LogP contribution >= 0.6 is 0 Å². The zero-order chi connectivity index (χ0) is 18.2. The van der Waals surface area contributed by atoms with E-state index in [9.17, 15) is 14.4 Å². The number of piperazine rings is 1. The molecule has 1 aromatic heterocycles. The molecule has 1 aromatic rings. The molecule has 9 heteroatoms. The third kappa shape index (κ3) is 5.57. The molecule has 1 fully saturated rings. The van der Waals surface area contributed by atoms with E-state index in [4.69, 9.17) is 4.42 Å². The molecule has 0 radical (unpaired) electrons. The van der Waals surface area contributed by atoms with E-state index < -0.39 is 6.03 Å². The zero-order valence-electron chi connectivity index (χ0n) is 14.6. The molecule has 0 aliphatic carbocycles. The summed E-state index contributed by atoms with van der Waals surface area (Å²) in [6, 6.07) is 2.44. The second kappa shape index (κ2) is 9.19. The SMILES string of the molecule is CNC(=O)NC(=O)[C@@H](C)N1CCN(CCNC(=O)c2ccco2)CC1. The molecule has 0 bridgehead atoms. The number of hydrogen-bond donors (Lipinski definition) is 3. The number of furan rings is 1. The molecule has 0 aromatic carbocycles. The van der Waals surface area contributed by atoms with E-state index in [2.05, 4.69) is 20.9 Å². The molecule has 0 saturated carbocycles. The fraction of sp³-hybridized carbons (Fsp3) is 0.562. The van der Waals surface area contributed by atoms with Crippen molar-refractivity contribution in [1.82, 2.24) is 25.8 Å². The van der Waals surface area contributed by atoms with Crippen LogP contribution in [0.3, 0.4) is 0 Å². The molecule has 0 spiro atoms. The minimum Gasteiger partial charge on any atom is -0.459 e. The molecule has 4 amide bonds. The van der Waals surface area contributed by atoms with Gasteiger partial charge < -0.3 is 15.1 Å². The summed E-state index contributed by atoms with van der Waals surface area (Å²) in [4.78, 5) is 39.2. The van der Waals surface area contributed by atoms with Crippen LogP contribution in [-0.4, -0.2) is 80.0 Å². The number of carbonyl (C=O) groups excluding carboxylic acids is 3. The number of carbonyl (C=O) groups is 3. The molecule has 1 saturated heterocycles. The Morgan fingerprint density at radius 3 is 2.56 bits per heavy atom. The van der Waals surface area contributed by atoms with E-state index in [1.165, 1.54) is 13.3 Å². The minimum atomic E-state index is -0.497. The standard InChI is InChI=1S/C16H25N5O4/c1-12(14(22)19-16(24)17-2)21-9-7-20(8-10-21)6-5-18-15(23)13-4-3-11-25-13/h3-4,11-12H,5-10H2,1-2H3,(H,18,23)(H2,17,19,22,24)/t12-/m1/s1. The second-order valence-corrected chi connectivity index (χ2v) is 5.86. The maximum atomic E-state index is 12.0. The maximum Gasteiger partial charge on any atom is 0.321 e. The van der Waals surface area contributed by atoms with Gasteiger partial charge in [0.15, 0.2) is 5.76 Å². The van der Waals surface area contributed by atoms with Gasteiger partial charge in [-0.25, -0.2) is 4.79 Å². The lowest BCUT2D eigenvalue weighted by Crippen LogP contribution is -2.55. The number of amides is 4. The predicted octanol–water partition coefficient (Wildman–Crippen LogP) is -0.529. The monoisotopic (exact) mass is 351 g/mol. The summed E-state index contributed by atoms with van der Waals surface area (Å²) in [5, 5.41) is 7.48. The summed E-state index contributed by atoms with van der Waals surface area (Å²) in [6.07, 6.45) is 1.47. The molecule has 1 aliphatic heterocycles. The molecule has 2 rings (SSSR count). The summed E-state index contributed by atoms with van der Waals surface area (Å²) >= 11 is 0. The first kappa shape index (κ1) is 18.9. The minimum absolute atomic E-state index is 0.219. The van der Waals surface area contributed by atoms with E-state index >= 15 is 0 Å². The molecule has 1 aliphatic rings. The van der Waals surface area contributed by atoms with Crippen LogP contribution in [0.15, 0.2) is 22.8 Å². The first-order chi connectivity index (χ1) is 12.0. The van der Waals surface area contributed by atoms with Crippen LogP contribution < -0.4 is 16.0 Å². The van der Waals surface area contributed by atoms with Crippen LogP contribution in [0, 0.1) is 0 Å². The molecule has 138 valence electrons. The molecule has 2 heterocycles. The summed E-state index contributed by atoms with van der Waals surface area (Å²) in [5.74, 6) is -0.220. The smallest absolute Gasteiger partial charge is 0.321 e. The number of nitrogens with zero attached hydrogens (tertiary/aromatic N) is 2. The van der Waals surface area contributed by atoms with Gasteiger partial charge in [-0.15, -0.1) is 0 Å². The van der Waals surface area contributed by atoms with Crippen molar-refractivity contribution in [2.24, 2.45) is 0 Å². The number of urea groups is 1. The first-order valence-corrected chi connectivity index (χ1v) is 8.32. The predicted molar refractivity (Wildman–Crippen MR) is 91.1 cm³/mol. The van der Waals surface area contributed by atoms with Gasteiger partial charge in [-0.3, -0.25) is 24.7 Å². The summed E-state index contributed by atoms with van der Waals surface area (Å²) in [6.45, 7) is 6.12. The Morgan fingerprint density at radius 2 is 1.96 bits per heavy atom. The number of hydrogen-bond acceptors (Lipinski definition) is 6. The van der Waals surface area contributed by atoms with E-state index in [0.717, 1.165) is 32.7 Å². The topological polar surface area (TPSA) is 107 Å². The van der Waals surface area contributed by atoms with Gasteiger partial charge in [0.1, 0.15) is 0 Å². The van der Waals surface area contributed by atoms with E-state index in [-0.39, 0.29) is 17.9 Å². The fourth-order valence-electron chi connectivity index (χ4n) is 2.64. The van der Waals surface area contributed by atoms with Crippen molar-refractivity contribution in [2.75, 3.05) is 46.3 Å². The van der Waals surface area contributed by atoms with E-state index in [1.807, 2.05) is 4.90 Å². The Hall–Kier alpha value is -2.39. The van der Waals surface area contributed by atoms with Crippen molar-refractivity contribution in [3.63, 3.8) is 0 Å². The Morgan fingerprint density at radius 1 is 1.24 bits per heavy atom. The number of rotatable bonds is 6. The molecular formula is C16H25N5O4. The van der Waals surface area contributed by atoms with Gasteiger partial charge >= 0.3 is 6.03 Å². The van der Waals surface area contributed by atoms with Crippen molar-refractivity contribution >= 4 is 17.8 Å². The highest BCUT2D eigenvalue weighted by molar-refractivity contribution is 5.96. The van der Waals surface area contributed by atoms with Gasteiger partial charge in [-0.05, 0) is 19.1 Å². The van der Waals surface area contributed by atoms with Gasteiger partial charge in [0.05, 0.1) is 12.3 Å². The van der Waals surface area contributed by atoms with Gasteiger partial charge in [0.2, 0.25) is 5.91 Å². The molecule has 25 heavy (non-hydrogen) atoms. The Kier molecular flexibility index (Phi) is 6.96. The average molecular weight is 351 g/mol. The van der Waals surface area contributed by atoms with Crippen LogP contribution in [-0.2, 0) is 4.79 Å². The fourth-order valence-corrected chi connectivity index (χ4v) is 2.64. The lowest BCUT2D eigenvalue weighted by atomic mass is 10.2. The van der Waals surface area contributed by atoms with E-state index in [0.29, 0.717) is 12.3 Å². The van der Waals surface area contributed by atoms with Crippen molar-refractivity contribution in [1.29, 1.82) is 0 Å². The highest BCUT2D eigenvalue weighted by Gasteiger charge is 2.26. The van der Waals surface area contributed by atoms with Crippen molar-refractivity contribution in [3.8, 4) is 0 Å². The van der Waals surface area contributed by atoms with Gasteiger partial charge in [0, 0.05) is 46.3 Å². The van der Waals surface area contributed by atoms with Gasteiger partial charge in [0.25, 0.3) is 5.91 Å². The van der Waals surface area contributed by atoms with E-state index in [1.54, 1.807) is 19.1 Å². The van der Waals surface area contributed by atoms with Gasteiger partial charge in [-0.1, -0.05) is 0 Å². The molecule has 9 nitrogen and oxygen atoms in total. The Labute approximate surface area is 146 Å². The van der Waals surface area contributed by atoms with Crippen molar-refractivity contribution < 1.29 is 18.8 Å². The lowest BCUT2D eigenvalue weighted by Gasteiger charge is -2.37. The van der Waals surface area contributed by atoms with Crippen LogP contribution in [0.25, 0.3) is 0 Å². The van der Waals surface area contributed by atoms with Crippen molar-refractivity contribution in [2.45, 2.75) is 13.0 Å². The van der Waals surface area contributed by atoms with Crippen LogP contribution in [0.1, 0.15) is 17.5 Å². The maximum absolute atomic E-state index is 12.0. The normalized spacial score (nSPS) is 16.9. The summed E-state index contributed by atoms with van der Waals surface area (Å²) < 4.78 is 5.04. The molecule has 3 N–H and O–H groups in total. The third-order valence-corrected chi connectivity index (χ3v) is 4.26. The summed E-state index contributed by atoms with van der Waals surface area (Å²) in [7, 11) is 1.47. The Bertz CT molecular complexity index is 581. The molecular weight excluding hydrogens is 326 g/mol. The summed E-state index contributed by atoms with van der Waals surface area (Å²) in [5.41, 5.74) is 0. The molecule has 1 atom stereocenters. The number of imide groups is 1. The van der Waals surface area contributed by atoms with Crippen LogP contribution in [0.4, 0.5) is 4.79 Å².